The van der Waals surface area contributed by atoms with Gasteiger partial charge in [0.25, 0.3) is 0 Å². The van der Waals surface area contributed by atoms with E-state index in [1.165, 1.54) is 60.7 Å². The molecule has 0 aliphatic heterocycles. The van der Waals surface area contributed by atoms with Crippen molar-refractivity contribution in [3.63, 3.8) is 0 Å². The summed E-state index contributed by atoms with van der Waals surface area (Å²) in [6, 6.07) is 15.6. The van der Waals surface area contributed by atoms with E-state index in [0.717, 1.165) is 36.4 Å². The molecule has 4 rings (SSSR count). The number of esters is 2. The summed E-state index contributed by atoms with van der Waals surface area (Å²) in [5, 5.41) is 0.259. The van der Waals surface area contributed by atoms with Gasteiger partial charge in [0.15, 0.2) is 0 Å². The highest BCUT2D eigenvalue weighted by molar-refractivity contribution is 6.35. The van der Waals surface area contributed by atoms with E-state index in [4.69, 9.17) is 74.3 Å². The molecule has 3 nitrogen and oxygen atoms in total. The Balaban J connectivity index is 1.38. The van der Waals surface area contributed by atoms with Gasteiger partial charge >= 0.3 is 24.3 Å². The standard InChI is InChI=1S/C36H22Cl6F6O3/c37-25-11-23(12-26(38)17-25)29(35(43,44)45)7-3-19-1-5-21(31(41)9-19)15-33(49)51-34(50)16-22-6-2-20(10-32(22)42)4-8-30(36(46,47)48)24-13-27(39)18-28(40)14-24/h1-14,17-18,29-30H,15-16H2/b7-3+,8-4+. The third kappa shape index (κ3) is 11.9. The van der Waals surface area contributed by atoms with Crippen molar-refractivity contribution in [3.05, 3.63) is 148 Å². The molecule has 0 saturated carbocycles. The summed E-state index contributed by atoms with van der Waals surface area (Å²) < 4.78 is 87.8. The van der Waals surface area contributed by atoms with Crippen LogP contribution in [0.1, 0.15) is 45.2 Å². The summed E-state index contributed by atoms with van der Waals surface area (Å²) in [6.07, 6.45) is -5.91. The maximum atomic E-state index is 13.8. The Bertz CT molecular complexity index is 1810. The minimum Gasteiger partial charge on any atom is -0.393 e. The van der Waals surface area contributed by atoms with Crippen LogP contribution in [-0.2, 0) is 27.2 Å². The molecule has 0 spiro atoms. The first-order valence-electron chi connectivity index (χ1n) is 14.5. The number of halogens is 12. The van der Waals surface area contributed by atoms with Crippen LogP contribution >= 0.6 is 69.6 Å². The summed E-state index contributed by atoms with van der Waals surface area (Å²) in [4.78, 5) is 25.0. The van der Waals surface area contributed by atoms with Gasteiger partial charge in [-0.25, -0.2) is 0 Å². The Hall–Kier alpha value is -3.18. The van der Waals surface area contributed by atoms with Crippen molar-refractivity contribution in [3.8, 4) is 0 Å². The summed E-state index contributed by atoms with van der Waals surface area (Å²) in [7, 11) is 0. The predicted molar refractivity (Wildman–Crippen MR) is 190 cm³/mol. The lowest BCUT2D eigenvalue weighted by Gasteiger charge is -2.18. The number of hydrogen-bond acceptors (Lipinski definition) is 3. The second kappa shape index (κ2) is 17.1. The van der Waals surface area contributed by atoms with Crippen LogP contribution < -0.4 is 0 Å². The molecule has 0 aromatic heterocycles. The number of alkyl halides is 6. The normalized spacial score (nSPS) is 13.5. The van der Waals surface area contributed by atoms with Crippen LogP contribution in [-0.4, -0.2) is 24.3 Å². The lowest BCUT2D eigenvalue weighted by atomic mass is 9.97. The Labute approximate surface area is 318 Å². The molecule has 51 heavy (non-hydrogen) atoms. The fourth-order valence-electron chi connectivity index (χ4n) is 4.87. The van der Waals surface area contributed by atoms with E-state index in [1.807, 2.05) is 0 Å². The molecule has 4 aromatic carbocycles. The van der Waals surface area contributed by atoms with Crippen molar-refractivity contribution in [2.24, 2.45) is 0 Å². The van der Waals surface area contributed by atoms with Gasteiger partial charge in [0, 0.05) is 30.1 Å². The minimum atomic E-state index is -4.65. The maximum absolute atomic E-state index is 13.8. The van der Waals surface area contributed by atoms with Gasteiger partial charge in [0.1, 0.15) is 0 Å². The molecule has 15 heteroatoms. The summed E-state index contributed by atoms with van der Waals surface area (Å²) in [5.74, 6) is -5.96. The fourth-order valence-corrected chi connectivity index (χ4v) is 6.47. The van der Waals surface area contributed by atoms with Gasteiger partial charge in [-0.05, 0) is 81.9 Å². The first-order valence-corrected chi connectivity index (χ1v) is 16.8. The van der Waals surface area contributed by atoms with Crippen LogP contribution in [0.2, 0.25) is 30.1 Å². The molecule has 2 unspecified atom stereocenters. The number of hydrogen-bond donors (Lipinski definition) is 0. The first kappa shape index (κ1) is 40.6. The van der Waals surface area contributed by atoms with Crippen LogP contribution in [0.15, 0.2) is 84.9 Å². The molecule has 2 atom stereocenters. The Morgan fingerprint density at radius 3 is 1.18 bits per heavy atom. The predicted octanol–water partition coefficient (Wildman–Crippen LogP) is 13.2. The van der Waals surface area contributed by atoms with E-state index >= 15 is 0 Å². The van der Waals surface area contributed by atoms with Gasteiger partial charge in [-0.2, -0.15) is 26.3 Å². The van der Waals surface area contributed by atoms with Gasteiger partial charge in [0.05, 0.1) is 24.7 Å². The highest BCUT2D eigenvalue weighted by atomic mass is 35.5. The zero-order chi connectivity index (χ0) is 37.7. The highest BCUT2D eigenvalue weighted by Gasteiger charge is 2.40. The number of allylic oxidation sites excluding steroid dienone is 2. The molecule has 0 N–H and O–H groups in total. The molecule has 0 heterocycles. The van der Waals surface area contributed by atoms with Crippen LogP contribution in [0.3, 0.4) is 0 Å². The molecule has 0 fully saturated rings. The third-order valence-corrected chi connectivity index (χ3v) is 8.78. The number of benzene rings is 4. The molecule has 0 aliphatic carbocycles. The van der Waals surface area contributed by atoms with Crippen LogP contribution in [0.25, 0.3) is 12.2 Å². The van der Waals surface area contributed by atoms with Crippen molar-refractivity contribution >= 4 is 93.7 Å². The lowest BCUT2D eigenvalue weighted by Crippen LogP contribution is -2.19. The smallest absolute Gasteiger partial charge is 0.393 e. The molecule has 0 aliphatic rings. The fraction of sp³-hybridized carbons (Fsp3) is 0.167. The van der Waals surface area contributed by atoms with Crippen molar-refractivity contribution in [2.45, 2.75) is 37.0 Å². The molecule has 268 valence electrons. The molecule has 4 aromatic rings. The quantitative estimate of drug-likeness (QED) is 0.0908. The van der Waals surface area contributed by atoms with Gasteiger partial charge in [-0.3, -0.25) is 9.59 Å². The van der Waals surface area contributed by atoms with Gasteiger partial charge in [0.2, 0.25) is 0 Å². The molecule has 0 bridgehead atoms. The monoisotopic (exact) mass is 826 g/mol. The number of rotatable bonds is 10. The van der Waals surface area contributed by atoms with Crippen molar-refractivity contribution in [1.82, 2.24) is 0 Å². The van der Waals surface area contributed by atoms with Crippen LogP contribution in [0.4, 0.5) is 26.3 Å². The third-order valence-electron chi connectivity index (χ3n) is 7.21. The van der Waals surface area contributed by atoms with E-state index in [-0.39, 0.29) is 52.4 Å². The van der Waals surface area contributed by atoms with Crippen molar-refractivity contribution in [2.75, 3.05) is 0 Å². The first-order chi connectivity index (χ1) is 23.8. The number of ether oxygens (including phenoxy) is 1. The molecule has 0 radical (unpaired) electrons. The van der Waals surface area contributed by atoms with Gasteiger partial charge < -0.3 is 4.74 Å². The van der Waals surface area contributed by atoms with Gasteiger partial charge in [-0.1, -0.05) is 118 Å². The van der Waals surface area contributed by atoms with Crippen molar-refractivity contribution < 1.29 is 40.7 Å². The Morgan fingerprint density at radius 2 is 0.882 bits per heavy atom. The van der Waals surface area contributed by atoms with E-state index in [2.05, 4.69) is 0 Å². The van der Waals surface area contributed by atoms with E-state index < -0.39 is 49.0 Å². The molecular formula is C36H22Cl6F6O3. The van der Waals surface area contributed by atoms with Crippen molar-refractivity contribution in [1.29, 1.82) is 0 Å². The number of carbonyl (C=O) groups is 2. The molecular weight excluding hydrogens is 807 g/mol. The Kier molecular flexibility index (Phi) is 13.6. The van der Waals surface area contributed by atoms with Gasteiger partial charge in [-0.15, -0.1) is 0 Å². The minimum absolute atomic E-state index is 0.0359. The van der Waals surface area contributed by atoms with E-state index in [1.54, 1.807) is 0 Å². The average Bonchev–Trinajstić information content (AvgIpc) is 2.97. The second-order valence-corrected chi connectivity index (χ2v) is 13.6. The molecule has 0 saturated heterocycles. The van der Waals surface area contributed by atoms with Crippen LogP contribution in [0.5, 0.6) is 0 Å². The Morgan fingerprint density at radius 1 is 0.549 bits per heavy atom. The topological polar surface area (TPSA) is 43.4 Å². The summed E-state index contributed by atoms with van der Waals surface area (Å²) >= 11 is 36.1. The molecule has 0 amide bonds. The zero-order valence-electron chi connectivity index (χ0n) is 25.6. The summed E-state index contributed by atoms with van der Waals surface area (Å²) in [5.41, 5.74) is 0.766. The lowest BCUT2D eigenvalue weighted by molar-refractivity contribution is -0.158. The average molecular weight is 829 g/mol. The largest absolute Gasteiger partial charge is 0.399 e. The SMILES string of the molecule is O=C(Cc1ccc(/C=C/C(c2cc(Cl)cc(Cl)c2)C(F)(F)F)cc1Cl)OC(=O)Cc1ccc(/C=C/C(c2cc(Cl)cc(Cl)c2)C(F)(F)F)cc1Cl. The van der Waals surface area contributed by atoms with E-state index in [9.17, 15) is 35.9 Å². The maximum Gasteiger partial charge on any atom is 0.399 e. The van der Waals surface area contributed by atoms with E-state index in [0.29, 0.717) is 11.1 Å². The summed E-state index contributed by atoms with van der Waals surface area (Å²) in [6.45, 7) is 0. The highest BCUT2D eigenvalue weighted by Crippen LogP contribution is 2.40. The zero-order valence-corrected chi connectivity index (χ0v) is 30.1. The van der Waals surface area contributed by atoms with Crippen LogP contribution in [0, 0.1) is 0 Å². The number of carbonyl (C=O) groups excluding carboxylic acids is 2. The second-order valence-electron chi connectivity index (χ2n) is 11.1.